The van der Waals surface area contributed by atoms with Crippen LogP contribution in [0.3, 0.4) is 0 Å². The molecule has 0 saturated carbocycles. The van der Waals surface area contributed by atoms with E-state index < -0.39 is 11.4 Å². The highest BCUT2D eigenvalue weighted by molar-refractivity contribution is 7.20. The molecule has 1 atom stereocenters. The molecule has 0 aliphatic carbocycles. The van der Waals surface area contributed by atoms with Gasteiger partial charge in [0.1, 0.15) is 11.2 Å². The zero-order valence-corrected chi connectivity index (χ0v) is 13.4. The highest BCUT2D eigenvalue weighted by atomic mass is 32.1. The molecule has 0 radical (unpaired) electrons. The summed E-state index contributed by atoms with van der Waals surface area (Å²) < 4.78 is 19.1. The number of thiophene rings is 1. The van der Waals surface area contributed by atoms with E-state index in [2.05, 4.69) is 0 Å². The first kappa shape index (κ1) is 15.9. The highest BCUT2D eigenvalue weighted by Gasteiger charge is 2.46. The average Bonchev–Trinajstić information content (AvgIpc) is 3.11. The lowest BCUT2D eigenvalue weighted by Gasteiger charge is -2.23. The largest absolute Gasteiger partial charge is 0.481 e. The molecule has 2 aromatic rings. The number of carboxylic acid groups (broad SMARTS) is 1. The van der Waals surface area contributed by atoms with E-state index in [1.807, 2.05) is 0 Å². The van der Waals surface area contributed by atoms with Gasteiger partial charge in [-0.1, -0.05) is 0 Å². The standard InChI is InChI=1S/C16H16FNO4S/c1-22-9-16(15(20)21)4-5-18(8-16)14(19)13-7-10-6-11(17)2-3-12(10)23-13/h2-3,6-7H,4-5,8-9H2,1H3,(H,20,21). The van der Waals surface area contributed by atoms with Crippen molar-refractivity contribution in [1.29, 1.82) is 0 Å². The van der Waals surface area contributed by atoms with Gasteiger partial charge in [-0.25, -0.2) is 4.39 Å². The summed E-state index contributed by atoms with van der Waals surface area (Å²) in [5.41, 5.74) is -1.05. The molecule has 1 aromatic carbocycles. The Balaban J connectivity index is 1.84. The molecule has 1 saturated heterocycles. The summed E-state index contributed by atoms with van der Waals surface area (Å²) in [6, 6.07) is 6.04. The van der Waals surface area contributed by atoms with E-state index in [9.17, 15) is 19.1 Å². The van der Waals surface area contributed by atoms with Crippen molar-refractivity contribution in [2.24, 2.45) is 5.41 Å². The van der Waals surface area contributed by atoms with E-state index in [-0.39, 0.29) is 24.9 Å². The number of hydrogen-bond donors (Lipinski definition) is 1. The van der Waals surface area contributed by atoms with Gasteiger partial charge in [-0.15, -0.1) is 11.3 Å². The normalized spacial score (nSPS) is 21.0. The van der Waals surface area contributed by atoms with Gasteiger partial charge in [0, 0.05) is 24.9 Å². The molecule has 1 amide bonds. The third-order valence-corrected chi connectivity index (χ3v) is 5.31. The molecule has 0 bridgehead atoms. The van der Waals surface area contributed by atoms with Crippen molar-refractivity contribution in [3.63, 3.8) is 0 Å². The zero-order chi connectivity index (χ0) is 16.6. The maximum absolute atomic E-state index is 13.3. The Morgan fingerprint density at radius 1 is 1.43 bits per heavy atom. The smallest absolute Gasteiger partial charge is 0.313 e. The number of methoxy groups -OCH3 is 1. The van der Waals surface area contributed by atoms with E-state index >= 15 is 0 Å². The molecule has 0 spiro atoms. The van der Waals surface area contributed by atoms with Crippen molar-refractivity contribution in [3.05, 3.63) is 35.0 Å². The Labute approximate surface area is 136 Å². The van der Waals surface area contributed by atoms with Gasteiger partial charge in [0.15, 0.2) is 0 Å². The molecule has 1 aliphatic heterocycles. The second kappa shape index (κ2) is 5.90. The third kappa shape index (κ3) is 2.82. The lowest BCUT2D eigenvalue weighted by atomic mass is 9.88. The Hall–Kier alpha value is -1.99. The van der Waals surface area contributed by atoms with Crippen LogP contribution >= 0.6 is 11.3 Å². The Morgan fingerprint density at radius 2 is 2.22 bits per heavy atom. The monoisotopic (exact) mass is 337 g/mol. The second-order valence-corrected chi connectivity index (χ2v) is 6.87. The molecular formula is C16H16FNO4S. The van der Waals surface area contributed by atoms with Gasteiger partial charge in [0.05, 0.1) is 11.5 Å². The Morgan fingerprint density at radius 3 is 2.91 bits per heavy atom. The number of rotatable bonds is 4. The summed E-state index contributed by atoms with van der Waals surface area (Å²) in [4.78, 5) is 26.2. The molecule has 5 nitrogen and oxygen atoms in total. The molecule has 1 N–H and O–H groups in total. The van der Waals surface area contributed by atoms with Gasteiger partial charge >= 0.3 is 5.97 Å². The molecule has 1 aromatic heterocycles. The van der Waals surface area contributed by atoms with Crippen LogP contribution in [0.5, 0.6) is 0 Å². The fraction of sp³-hybridized carbons (Fsp3) is 0.375. The van der Waals surface area contributed by atoms with Crippen molar-refractivity contribution in [2.75, 3.05) is 26.8 Å². The maximum Gasteiger partial charge on any atom is 0.313 e. The second-order valence-electron chi connectivity index (χ2n) is 5.79. The molecule has 122 valence electrons. The summed E-state index contributed by atoms with van der Waals surface area (Å²) in [7, 11) is 1.45. The van der Waals surface area contributed by atoms with Gasteiger partial charge in [0.25, 0.3) is 5.91 Å². The quantitative estimate of drug-likeness (QED) is 0.931. The summed E-state index contributed by atoms with van der Waals surface area (Å²) >= 11 is 1.29. The van der Waals surface area contributed by atoms with Crippen LogP contribution in [0, 0.1) is 11.2 Å². The first-order chi connectivity index (χ1) is 10.9. The molecule has 1 unspecified atom stereocenters. The number of aliphatic carboxylic acids is 1. The predicted molar refractivity (Wildman–Crippen MR) is 84.2 cm³/mol. The number of nitrogens with zero attached hydrogens (tertiary/aromatic N) is 1. The molecule has 7 heteroatoms. The summed E-state index contributed by atoms with van der Waals surface area (Å²) in [5, 5.41) is 10.1. The van der Waals surface area contributed by atoms with Crippen molar-refractivity contribution in [1.82, 2.24) is 4.90 Å². The van der Waals surface area contributed by atoms with Crippen LogP contribution in [-0.4, -0.2) is 48.7 Å². The van der Waals surface area contributed by atoms with E-state index in [4.69, 9.17) is 4.74 Å². The zero-order valence-electron chi connectivity index (χ0n) is 12.5. The van der Waals surface area contributed by atoms with Crippen molar-refractivity contribution < 1.29 is 23.8 Å². The summed E-state index contributed by atoms with van der Waals surface area (Å²) in [5.74, 6) is -1.51. The number of carbonyl (C=O) groups is 2. The van der Waals surface area contributed by atoms with Gasteiger partial charge in [0.2, 0.25) is 0 Å². The Kier molecular flexibility index (Phi) is 4.08. The van der Waals surface area contributed by atoms with E-state index in [0.717, 1.165) is 4.70 Å². The van der Waals surface area contributed by atoms with Gasteiger partial charge < -0.3 is 14.7 Å². The lowest BCUT2D eigenvalue weighted by molar-refractivity contribution is -0.151. The third-order valence-electron chi connectivity index (χ3n) is 4.20. The van der Waals surface area contributed by atoms with Crippen molar-refractivity contribution in [2.45, 2.75) is 6.42 Å². The van der Waals surface area contributed by atoms with Crippen LogP contribution < -0.4 is 0 Å². The van der Waals surface area contributed by atoms with Gasteiger partial charge in [-0.3, -0.25) is 9.59 Å². The van der Waals surface area contributed by atoms with Gasteiger partial charge in [-0.2, -0.15) is 0 Å². The molecule has 2 heterocycles. The summed E-state index contributed by atoms with van der Waals surface area (Å²) in [6.45, 7) is 0.568. The van der Waals surface area contributed by atoms with Crippen LogP contribution in [0.1, 0.15) is 16.1 Å². The van der Waals surface area contributed by atoms with E-state index in [0.29, 0.717) is 23.2 Å². The minimum Gasteiger partial charge on any atom is -0.481 e. The minimum absolute atomic E-state index is 0.0732. The van der Waals surface area contributed by atoms with Gasteiger partial charge in [-0.05, 0) is 36.1 Å². The van der Waals surface area contributed by atoms with Crippen LogP contribution in [0.15, 0.2) is 24.3 Å². The predicted octanol–water partition coefficient (Wildman–Crippen LogP) is 2.60. The number of carbonyl (C=O) groups excluding carboxylic acids is 1. The molecule has 23 heavy (non-hydrogen) atoms. The van der Waals surface area contributed by atoms with E-state index in [1.165, 1.54) is 35.5 Å². The van der Waals surface area contributed by atoms with Crippen LogP contribution in [0.25, 0.3) is 10.1 Å². The van der Waals surface area contributed by atoms with E-state index in [1.54, 1.807) is 12.1 Å². The number of likely N-dealkylation sites (tertiary alicyclic amines) is 1. The van der Waals surface area contributed by atoms with Crippen LogP contribution in [0.2, 0.25) is 0 Å². The fourth-order valence-corrected chi connectivity index (χ4v) is 3.96. The average molecular weight is 337 g/mol. The number of ether oxygens (including phenoxy) is 1. The maximum atomic E-state index is 13.3. The molecule has 1 aliphatic rings. The fourth-order valence-electron chi connectivity index (χ4n) is 2.95. The van der Waals surface area contributed by atoms with Crippen LogP contribution in [0.4, 0.5) is 4.39 Å². The number of fused-ring (bicyclic) bond motifs is 1. The number of hydrogen-bond acceptors (Lipinski definition) is 4. The first-order valence-corrected chi connectivity index (χ1v) is 7.97. The SMILES string of the molecule is COCC1(C(=O)O)CCN(C(=O)c2cc3cc(F)ccc3s2)C1. The van der Waals surface area contributed by atoms with Crippen LogP contribution in [-0.2, 0) is 9.53 Å². The number of benzene rings is 1. The lowest BCUT2D eigenvalue weighted by Crippen LogP contribution is -2.40. The topological polar surface area (TPSA) is 66.8 Å². The highest BCUT2D eigenvalue weighted by Crippen LogP contribution is 2.34. The van der Waals surface area contributed by atoms with Crippen molar-refractivity contribution >= 4 is 33.3 Å². The first-order valence-electron chi connectivity index (χ1n) is 7.16. The molecule has 1 fully saturated rings. The number of carboxylic acids is 1. The minimum atomic E-state index is -1.05. The molecule has 3 rings (SSSR count). The number of amides is 1. The number of halogens is 1. The van der Waals surface area contributed by atoms with Crippen molar-refractivity contribution in [3.8, 4) is 0 Å². The summed E-state index contributed by atoms with van der Waals surface area (Å²) in [6.07, 6.45) is 0.363. The molecular weight excluding hydrogens is 321 g/mol. The Bertz CT molecular complexity index is 775.